The van der Waals surface area contributed by atoms with Crippen molar-refractivity contribution in [3.63, 3.8) is 0 Å². The van der Waals surface area contributed by atoms with Crippen LogP contribution >= 0.6 is 11.6 Å². The number of hydrogen-bond donors (Lipinski definition) is 1. The number of carboxylic acids is 1. The molecular formula is C20H14ClNO7. The molecule has 1 N–H and O–H groups in total. The molecule has 0 unspecified atom stereocenters. The maximum atomic E-state index is 11.4. The van der Waals surface area contributed by atoms with Gasteiger partial charge in [0.15, 0.2) is 18.1 Å². The smallest absolute Gasteiger partial charge is 0.341 e. The van der Waals surface area contributed by atoms with Crippen molar-refractivity contribution in [3.05, 3.63) is 81.9 Å². The molecule has 3 aromatic rings. The van der Waals surface area contributed by atoms with Crippen LogP contribution in [0.5, 0.6) is 28.7 Å². The third-order valence-electron chi connectivity index (χ3n) is 3.61. The first-order valence-electron chi connectivity index (χ1n) is 8.26. The van der Waals surface area contributed by atoms with E-state index in [4.69, 9.17) is 30.9 Å². The second kappa shape index (κ2) is 8.94. The number of rotatable bonds is 8. The van der Waals surface area contributed by atoms with Crippen molar-refractivity contribution >= 4 is 23.3 Å². The Morgan fingerprint density at radius 1 is 0.931 bits per heavy atom. The van der Waals surface area contributed by atoms with Crippen molar-refractivity contribution in [2.75, 3.05) is 6.61 Å². The summed E-state index contributed by atoms with van der Waals surface area (Å²) in [6.07, 6.45) is 0. The number of halogens is 1. The average Bonchev–Trinajstić information content (AvgIpc) is 2.69. The summed E-state index contributed by atoms with van der Waals surface area (Å²) < 4.78 is 16.5. The molecule has 0 amide bonds. The molecule has 3 aromatic carbocycles. The van der Waals surface area contributed by atoms with Gasteiger partial charge >= 0.3 is 11.7 Å². The predicted octanol–water partition coefficient (Wildman–Crippen LogP) is 5.30. The van der Waals surface area contributed by atoms with Gasteiger partial charge in [0.05, 0.1) is 9.95 Å². The zero-order chi connectivity index (χ0) is 20.8. The van der Waals surface area contributed by atoms with Gasteiger partial charge in [-0.15, -0.1) is 0 Å². The van der Waals surface area contributed by atoms with Crippen LogP contribution in [0.25, 0.3) is 0 Å². The van der Waals surface area contributed by atoms with Crippen LogP contribution in [-0.2, 0) is 4.79 Å². The Hall–Kier alpha value is -3.78. The molecule has 29 heavy (non-hydrogen) atoms. The first-order chi connectivity index (χ1) is 13.9. The molecule has 0 aromatic heterocycles. The Morgan fingerprint density at radius 2 is 1.59 bits per heavy atom. The molecule has 8 nitrogen and oxygen atoms in total. The molecule has 148 valence electrons. The standard InChI is InChI=1S/C20H14ClNO7/c21-14-5-1-2-6-16(14)28-13-9-10-15(22(25)26)19(11-13)29-18-8-4-3-7-17(18)27-12-20(23)24/h1-11H,12H2,(H,23,24). The third-order valence-corrected chi connectivity index (χ3v) is 3.92. The lowest BCUT2D eigenvalue weighted by atomic mass is 10.2. The number of aliphatic carboxylic acids is 1. The van der Waals surface area contributed by atoms with Gasteiger partial charge in [0, 0.05) is 12.1 Å². The summed E-state index contributed by atoms with van der Waals surface area (Å²) in [6.45, 7) is -0.585. The van der Waals surface area contributed by atoms with Crippen LogP contribution in [0, 0.1) is 10.1 Å². The highest BCUT2D eigenvalue weighted by Gasteiger charge is 2.19. The first kappa shape index (κ1) is 20.0. The van der Waals surface area contributed by atoms with Crippen molar-refractivity contribution in [3.8, 4) is 28.7 Å². The molecule has 3 rings (SSSR count). The monoisotopic (exact) mass is 415 g/mol. The number of para-hydroxylation sites is 3. The number of nitro groups is 1. The molecule has 0 aliphatic carbocycles. The molecule has 0 aliphatic heterocycles. The van der Waals surface area contributed by atoms with Crippen molar-refractivity contribution in [1.29, 1.82) is 0 Å². The van der Waals surface area contributed by atoms with Crippen molar-refractivity contribution in [2.24, 2.45) is 0 Å². The minimum absolute atomic E-state index is 0.106. The Bertz CT molecular complexity index is 1050. The zero-order valence-corrected chi connectivity index (χ0v) is 15.5. The number of nitrogens with zero attached hydrogens (tertiary/aromatic N) is 1. The Kier molecular flexibility index (Phi) is 6.16. The van der Waals surface area contributed by atoms with E-state index in [2.05, 4.69) is 0 Å². The molecule has 0 aliphatic rings. The summed E-state index contributed by atoms with van der Waals surface area (Å²) in [4.78, 5) is 21.5. The van der Waals surface area contributed by atoms with Crippen LogP contribution in [0.3, 0.4) is 0 Å². The highest BCUT2D eigenvalue weighted by molar-refractivity contribution is 6.32. The van der Waals surface area contributed by atoms with E-state index >= 15 is 0 Å². The number of nitro benzene ring substituents is 1. The van der Waals surface area contributed by atoms with Gasteiger partial charge in [-0.1, -0.05) is 35.9 Å². The van der Waals surface area contributed by atoms with E-state index in [0.717, 1.165) is 0 Å². The van der Waals surface area contributed by atoms with Crippen LogP contribution in [0.15, 0.2) is 66.7 Å². The van der Waals surface area contributed by atoms with Gasteiger partial charge in [-0.2, -0.15) is 0 Å². The number of hydrogen-bond acceptors (Lipinski definition) is 6. The van der Waals surface area contributed by atoms with Gasteiger partial charge in [-0.25, -0.2) is 4.79 Å². The Labute approximate surface area is 170 Å². The molecule has 9 heteroatoms. The average molecular weight is 416 g/mol. The van der Waals surface area contributed by atoms with Crippen LogP contribution in [0.1, 0.15) is 0 Å². The van der Waals surface area contributed by atoms with Crippen LogP contribution < -0.4 is 14.2 Å². The minimum atomic E-state index is -1.17. The summed E-state index contributed by atoms with van der Waals surface area (Å²) in [5.41, 5.74) is -0.301. The number of carbonyl (C=O) groups is 1. The normalized spacial score (nSPS) is 10.2. The van der Waals surface area contributed by atoms with Crippen molar-refractivity contribution < 1.29 is 29.0 Å². The first-order valence-corrected chi connectivity index (χ1v) is 8.64. The molecule has 0 heterocycles. The van der Waals surface area contributed by atoms with Gasteiger partial charge in [0.25, 0.3) is 0 Å². The second-order valence-corrected chi connectivity index (χ2v) is 6.06. The van der Waals surface area contributed by atoms with Crippen LogP contribution in [-0.4, -0.2) is 22.6 Å². The third kappa shape index (κ3) is 5.14. The highest BCUT2D eigenvalue weighted by atomic mass is 35.5. The van der Waals surface area contributed by atoms with Gasteiger partial charge in [-0.05, 0) is 30.3 Å². The van der Waals surface area contributed by atoms with E-state index in [1.165, 1.54) is 30.3 Å². The predicted molar refractivity (Wildman–Crippen MR) is 104 cm³/mol. The molecule has 0 spiro atoms. The summed E-state index contributed by atoms with van der Waals surface area (Å²) in [7, 11) is 0. The van der Waals surface area contributed by atoms with Gasteiger partial charge in [-0.3, -0.25) is 10.1 Å². The lowest BCUT2D eigenvalue weighted by Crippen LogP contribution is -2.09. The molecular weight excluding hydrogens is 402 g/mol. The maximum absolute atomic E-state index is 11.4. The van der Waals surface area contributed by atoms with Crippen LogP contribution in [0.2, 0.25) is 5.02 Å². The molecule has 0 fully saturated rings. The fourth-order valence-electron chi connectivity index (χ4n) is 2.36. The van der Waals surface area contributed by atoms with Crippen molar-refractivity contribution in [1.82, 2.24) is 0 Å². The van der Waals surface area contributed by atoms with E-state index in [1.807, 2.05) is 0 Å². The summed E-state index contributed by atoms with van der Waals surface area (Å²) in [5, 5.41) is 20.6. The molecule has 0 atom stereocenters. The van der Waals surface area contributed by atoms with Gasteiger partial charge in [0.1, 0.15) is 11.5 Å². The lowest BCUT2D eigenvalue weighted by Gasteiger charge is -2.13. The van der Waals surface area contributed by atoms with Crippen LogP contribution in [0.4, 0.5) is 5.69 Å². The fraction of sp³-hybridized carbons (Fsp3) is 0.0500. The summed E-state index contributed by atoms with van der Waals surface area (Å²) in [5.74, 6) is -0.387. The molecule has 0 saturated carbocycles. The summed E-state index contributed by atoms with van der Waals surface area (Å²) in [6, 6.07) is 17.0. The SMILES string of the molecule is O=C(O)COc1ccccc1Oc1cc(Oc2ccccc2Cl)ccc1[N+](=O)[O-]. The highest BCUT2D eigenvalue weighted by Crippen LogP contribution is 2.39. The molecule has 0 saturated heterocycles. The van der Waals surface area contributed by atoms with Crippen molar-refractivity contribution in [2.45, 2.75) is 0 Å². The number of benzene rings is 3. The van der Waals surface area contributed by atoms with E-state index in [1.54, 1.807) is 36.4 Å². The van der Waals surface area contributed by atoms with E-state index in [9.17, 15) is 14.9 Å². The Balaban J connectivity index is 1.93. The zero-order valence-electron chi connectivity index (χ0n) is 14.8. The fourth-order valence-corrected chi connectivity index (χ4v) is 2.53. The quantitative estimate of drug-likeness (QED) is 0.393. The van der Waals surface area contributed by atoms with E-state index < -0.39 is 17.5 Å². The summed E-state index contributed by atoms with van der Waals surface area (Å²) >= 11 is 6.08. The van der Waals surface area contributed by atoms with E-state index in [0.29, 0.717) is 10.8 Å². The molecule has 0 bridgehead atoms. The number of carboxylic acid groups (broad SMARTS) is 1. The molecule has 0 radical (unpaired) electrons. The maximum Gasteiger partial charge on any atom is 0.341 e. The van der Waals surface area contributed by atoms with Gasteiger partial charge in [0.2, 0.25) is 5.75 Å². The van der Waals surface area contributed by atoms with E-state index in [-0.39, 0.29) is 28.7 Å². The minimum Gasteiger partial charge on any atom is -0.479 e. The number of ether oxygens (including phenoxy) is 3. The second-order valence-electron chi connectivity index (χ2n) is 5.65. The van der Waals surface area contributed by atoms with Gasteiger partial charge < -0.3 is 19.3 Å². The lowest BCUT2D eigenvalue weighted by molar-refractivity contribution is -0.385. The Morgan fingerprint density at radius 3 is 2.24 bits per heavy atom. The topological polar surface area (TPSA) is 108 Å². The largest absolute Gasteiger partial charge is 0.479 e.